The van der Waals surface area contributed by atoms with Crippen molar-refractivity contribution in [1.29, 1.82) is 0 Å². The van der Waals surface area contributed by atoms with Gasteiger partial charge in [-0.3, -0.25) is 0 Å². The van der Waals surface area contributed by atoms with Gasteiger partial charge in [0.2, 0.25) is 0 Å². The first kappa shape index (κ1) is 17.4. The molecule has 0 N–H and O–H groups in total. The third kappa shape index (κ3) is 2.63. The molecule has 1 fully saturated rings. The Balaban J connectivity index is 1.76. The highest BCUT2D eigenvalue weighted by molar-refractivity contribution is 6.06. The number of pyridine rings is 1. The molecule has 3 heterocycles. The van der Waals surface area contributed by atoms with Gasteiger partial charge < -0.3 is 14.4 Å². The smallest absolute Gasteiger partial charge is 0.147 e. The zero-order valence-corrected chi connectivity index (χ0v) is 16.0. The number of halogens is 2. The van der Waals surface area contributed by atoms with Crippen molar-refractivity contribution in [3.05, 3.63) is 48.2 Å². The fourth-order valence-electron chi connectivity index (χ4n) is 4.22. The zero-order chi connectivity index (χ0) is 19.4. The van der Waals surface area contributed by atoms with Crippen molar-refractivity contribution in [2.75, 3.05) is 38.1 Å². The van der Waals surface area contributed by atoms with Gasteiger partial charge in [-0.05, 0) is 44.3 Å². The predicted octanol–water partition coefficient (Wildman–Crippen LogP) is 4.34. The van der Waals surface area contributed by atoms with Gasteiger partial charge in [0.25, 0.3) is 0 Å². The maximum Gasteiger partial charge on any atom is 0.147 e. The van der Waals surface area contributed by atoms with E-state index in [-0.39, 0.29) is 11.6 Å². The summed E-state index contributed by atoms with van der Waals surface area (Å²) in [5, 5.41) is 1.54. The largest absolute Gasteiger partial charge is 0.367 e. The summed E-state index contributed by atoms with van der Waals surface area (Å²) in [6, 6.07) is 8.14. The molecule has 0 spiro atoms. The van der Waals surface area contributed by atoms with Crippen LogP contribution in [0.1, 0.15) is 6.92 Å². The minimum atomic E-state index is -0.290. The van der Waals surface area contributed by atoms with Gasteiger partial charge in [0, 0.05) is 55.3 Å². The molecule has 3 aliphatic rings. The van der Waals surface area contributed by atoms with Gasteiger partial charge in [0.15, 0.2) is 0 Å². The van der Waals surface area contributed by atoms with Gasteiger partial charge >= 0.3 is 0 Å². The van der Waals surface area contributed by atoms with Gasteiger partial charge in [-0.25, -0.2) is 13.8 Å². The summed E-state index contributed by atoms with van der Waals surface area (Å²) < 4.78 is 31.0. The topological polar surface area (TPSA) is 24.3 Å². The van der Waals surface area contributed by atoms with Crippen molar-refractivity contribution in [2.45, 2.75) is 13.5 Å². The second-order valence-electron chi connectivity index (χ2n) is 7.56. The molecular formula is C22H22F2N4. The van der Waals surface area contributed by atoms with Crippen LogP contribution in [0.4, 0.5) is 14.5 Å². The lowest BCUT2D eigenvalue weighted by molar-refractivity contribution is 0.312. The molecule has 0 aromatic heterocycles. The molecule has 2 aromatic rings. The molecule has 6 heteroatoms. The summed E-state index contributed by atoms with van der Waals surface area (Å²) in [6.45, 7) is 6.26. The van der Waals surface area contributed by atoms with E-state index < -0.39 is 0 Å². The Morgan fingerprint density at radius 3 is 2.54 bits per heavy atom. The number of hydrogen-bond acceptors (Lipinski definition) is 3. The highest BCUT2D eigenvalue weighted by Crippen LogP contribution is 2.39. The van der Waals surface area contributed by atoms with E-state index in [4.69, 9.17) is 0 Å². The number of fused-ring (bicyclic) bond motifs is 5. The van der Waals surface area contributed by atoms with E-state index in [1.807, 2.05) is 12.3 Å². The van der Waals surface area contributed by atoms with E-state index in [9.17, 15) is 4.39 Å². The number of aromatic nitrogens is 2. The monoisotopic (exact) mass is 380 g/mol. The first-order chi connectivity index (χ1) is 13.5. The molecular weight excluding hydrogens is 358 g/mol. The van der Waals surface area contributed by atoms with Crippen LogP contribution in [0, 0.1) is 11.6 Å². The van der Waals surface area contributed by atoms with Crippen molar-refractivity contribution in [3.8, 4) is 11.3 Å². The number of benzene rings is 2. The fourth-order valence-corrected chi connectivity index (χ4v) is 4.22. The molecule has 0 saturated carbocycles. The van der Waals surface area contributed by atoms with E-state index >= 15 is 4.39 Å². The number of anilines is 1. The minimum absolute atomic E-state index is 0.231. The lowest BCUT2D eigenvalue weighted by Crippen LogP contribution is -2.44. The molecule has 144 valence electrons. The Labute approximate surface area is 162 Å². The van der Waals surface area contributed by atoms with Gasteiger partial charge in [0.05, 0.1) is 22.4 Å². The normalized spacial score (nSPS) is 15.9. The van der Waals surface area contributed by atoms with Crippen LogP contribution in [0.5, 0.6) is 0 Å². The third-order valence-electron chi connectivity index (χ3n) is 5.84. The number of rotatable bonds is 2. The molecule has 0 amide bonds. The van der Waals surface area contributed by atoms with Crippen molar-refractivity contribution >= 4 is 27.5 Å². The van der Waals surface area contributed by atoms with E-state index in [0.717, 1.165) is 65.8 Å². The lowest BCUT2D eigenvalue weighted by Gasteiger charge is -2.34. The van der Waals surface area contributed by atoms with Crippen LogP contribution in [0.3, 0.4) is 0 Å². The number of likely N-dealkylation sites (N-methyl/N-ethyl adjacent to an activating group) is 1. The Kier molecular flexibility index (Phi) is 3.98. The highest BCUT2D eigenvalue weighted by atomic mass is 19.1. The summed E-state index contributed by atoms with van der Waals surface area (Å²) >= 11 is 0. The van der Waals surface area contributed by atoms with Gasteiger partial charge in [0.1, 0.15) is 11.6 Å². The third-order valence-corrected chi connectivity index (χ3v) is 5.84. The molecule has 1 saturated heterocycles. The summed E-state index contributed by atoms with van der Waals surface area (Å²) in [5.74, 6) is -0.521. The van der Waals surface area contributed by atoms with E-state index in [2.05, 4.69) is 33.3 Å². The number of hydrogen-bond donors (Lipinski definition) is 0. The summed E-state index contributed by atoms with van der Waals surface area (Å²) in [7, 11) is 2.09. The molecule has 0 aliphatic carbocycles. The van der Waals surface area contributed by atoms with Crippen LogP contribution < -0.4 is 4.90 Å². The molecule has 5 rings (SSSR count). The molecule has 0 bridgehead atoms. The number of nitrogens with zero attached hydrogens (tertiary/aromatic N) is 4. The maximum atomic E-state index is 15.1. The van der Waals surface area contributed by atoms with Gasteiger partial charge in [-0.15, -0.1) is 0 Å². The Bertz CT molecular complexity index is 1160. The zero-order valence-electron chi connectivity index (χ0n) is 16.0. The Morgan fingerprint density at radius 1 is 1.00 bits per heavy atom. The first-order valence-electron chi connectivity index (χ1n) is 9.70. The lowest BCUT2D eigenvalue weighted by atomic mass is 10.0. The maximum absolute atomic E-state index is 15.1. The average molecular weight is 380 g/mol. The van der Waals surface area contributed by atoms with Gasteiger partial charge in [-0.2, -0.15) is 0 Å². The standard InChI is InChI=1S/C22H22F2N4/c1-3-27-13-17-15-10-14(23)4-5-19(15)25-22(17)16-11-18(24)21(12-20(16)27)28-8-6-26(2)7-9-28/h4-5,10-13H,3,6-9H2,1-2H3. The van der Waals surface area contributed by atoms with E-state index in [0.29, 0.717) is 5.69 Å². The second-order valence-corrected chi connectivity index (χ2v) is 7.56. The van der Waals surface area contributed by atoms with Crippen LogP contribution >= 0.6 is 0 Å². The molecule has 3 aliphatic heterocycles. The number of piperazine rings is 1. The molecule has 2 aromatic carbocycles. The fraction of sp³-hybridized carbons (Fsp3) is 0.318. The molecule has 0 atom stereocenters. The highest BCUT2D eigenvalue weighted by Gasteiger charge is 2.22. The minimum Gasteiger partial charge on any atom is -0.367 e. The summed E-state index contributed by atoms with van der Waals surface area (Å²) in [6.07, 6.45) is 2.01. The predicted molar refractivity (Wildman–Crippen MR) is 109 cm³/mol. The Hall–Kier alpha value is -2.73. The number of aryl methyl sites for hydroxylation is 1. The van der Waals surface area contributed by atoms with Crippen LogP contribution in [-0.2, 0) is 6.54 Å². The van der Waals surface area contributed by atoms with Crippen molar-refractivity contribution < 1.29 is 8.78 Å². The van der Waals surface area contributed by atoms with Crippen LogP contribution in [-0.4, -0.2) is 47.7 Å². The second kappa shape index (κ2) is 6.41. The molecule has 0 radical (unpaired) electrons. The van der Waals surface area contributed by atoms with Crippen LogP contribution in [0.2, 0.25) is 0 Å². The molecule has 28 heavy (non-hydrogen) atoms. The summed E-state index contributed by atoms with van der Waals surface area (Å²) in [5.41, 5.74) is 3.91. The van der Waals surface area contributed by atoms with Crippen LogP contribution in [0.15, 0.2) is 36.5 Å². The molecule has 0 unspecified atom stereocenters. The van der Waals surface area contributed by atoms with Crippen molar-refractivity contribution in [1.82, 2.24) is 14.5 Å². The quantitative estimate of drug-likeness (QED) is 0.517. The van der Waals surface area contributed by atoms with E-state index in [1.54, 1.807) is 12.1 Å². The molecule has 4 nitrogen and oxygen atoms in total. The van der Waals surface area contributed by atoms with Crippen molar-refractivity contribution in [3.63, 3.8) is 0 Å². The first-order valence-corrected chi connectivity index (χ1v) is 9.70. The summed E-state index contributed by atoms with van der Waals surface area (Å²) in [4.78, 5) is 9.05. The van der Waals surface area contributed by atoms with E-state index in [1.165, 1.54) is 12.1 Å². The Morgan fingerprint density at radius 2 is 1.79 bits per heavy atom. The SMILES string of the molecule is CCn1cc2c3cc(F)ccc3nc-2c2cc(F)c(N3CCN(C)CC3)cc21. The average Bonchev–Trinajstić information content (AvgIpc) is 3.05. The van der Waals surface area contributed by atoms with Gasteiger partial charge in [-0.1, -0.05) is 0 Å². The van der Waals surface area contributed by atoms with Crippen molar-refractivity contribution in [2.24, 2.45) is 0 Å². The van der Waals surface area contributed by atoms with Crippen LogP contribution in [0.25, 0.3) is 33.1 Å².